The summed E-state index contributed by atoms with van der Waals surface area (Å²) in [5.74, 6) is 0.745. The lowest BCUT2D eigenvalue weighted by molar-refractivity contribution is 0.0942. The number of hydrogen-bond donors (Lipinski definition) is 2. The number of aromatic amines is 1. The van der Waals surface area contributed by atoms with E-state index in [9.17, 15) is 4.79 Å². The quantitative estimate of drug-likeness (QED) is 0.881. The Hall–Kier alpha value is -1.62. The van der Waals surface area contributed by atoms with E-state index in [1.807, 2.05) is 13.0 Å². The fourth-order valence-electron chi connectivity index (χ4n) is 2.00. The Morgan fingerprint density at radius 2 is 2.37 bits per heavy atom. The van der Waals surface area contributed by atoms with Crippen LogP contribution in [0.15, 0.2) is 18.5 Å². The zero-order valence-corrected chi connectivity index (χ0v) is 12.3. The van der Waals surface area contributed by atoms with Gasteiger partial charge in [0.1, 0.15) is 5.82 Å². The minimum Gasteiger partial charge on any atom is -0.347 e. The number of carbonyl (C=O) groups is 1. The van der Waals surface area contributed by atoms with Crippen molar-refractivity contribution in [2.75, 3.05) is 0 Å². The number of aryl methyl sites for hydroxylation is 2. The predicted octanol–water partition coefficient (Wildman–Crippen LogP) is 3.22. The first kappa shape index (κ1) is 13.8. The summed E-state index contributed by atoms with van der Waals surface area (Å²) in [5, 5.41) is 2.96. The van der Waals surface area contributed by atoms with Crippen molar-refractivity contribution in [2.24, 2.45) is 0 Å². The number of nitrogens with zero attached hydrogens (tertiary/aromatic N) is 1. The maximum Gasteiger partial charge on any atom is 0.261 e. The van der Waals surface area contributed by atoms with Crippen LogP contribution in [0.2, 0.25) is 0 Å². The fraction of sp³-hybridized carbons (Fsp3) is 0.429. The molecule has 2 aromatic rings. The molecule has 102 valence electrons. The van der Waals surface area contributed by atoms with Gasteiger partial charge in [0.05, 0.1) is 10.9 Å². The predicted molar refractivity (Wildman–Crippen MR) is 77.5 cm³/mol. The van der Waals surface area contributed by atoms with Crippen LogP contribution < -0.4 is 5.32 Å². The van der Waals surface area contributed by atoms with Gasteiger partial charge in [0.15, 0.2) is 0 Å². The number of aromatic nitrogens is 2. The molecular weight excluding hydrogens is 258 g/mol. The van der Waals surface area contributed by atoms with Crippen molar-refractivity contribution in [1.82, 2.24) is 15.3 Å². The number of amides is 1. The number of imidazole rings is 1. The van der Waals surface area contributed by atoms with Crippen LogP contribution in [0.5, 0.6) is 0 Å². The Morgan fingerprint density at radius 3 is 3.00 bits per heavy atom. The van der Waals surface area contributed by atoms with E-state index in [1.54, 1.807) is 23.7 Å². The highest BCUT2D eigenvalue weighted by Crippen LogP contribution is 2.23. The van der Waals surface area contributed by atoms with Gasteiger partial charge in [0, 0.05) is 17.3 Å². The van der Waals surface area contributed by atoms with E-state index in [0.717, 1.165) is 23.5 Å². The van der Waals surface area contributed by atoms with Crippen LogP contribution >= 0.6 is 11.3 Å². The van der Waals surface area contributed by atoms with Crippen molar-refractivity contribution < 1.29 is 4.79 Å². The number of carbonyl (C=O) groups excluding carboxylic acids is 1. The normalized spacial score (nSPS) is 12.4. The molecule has 0 saturated heterocycles. The highest BCUT2D eigenvalue weighted by Gasteiger charge is 2.16. The topological polar surface area (TPSA) is 57.8 Å². The van der Waals surface area contributed by atoms with Gasteiger partial charge >= 0.3 is 0 Å². The van der Waals surface area contributed by atoms with Crippen molar-refractivity contribution in [3.8, 4) is 0 Å². The molecular formula is C14H19N3OS. The fourth-order valence-corrected chi connectivity index (χ4v) is 2.97. The largest absolute Gasteiger partial charge is 0.347 e. The van der Waals surface area contributed by atoms with Crippen molar-refractivity contribution in [1.29, 1.82) is 0 Å². The summed E-state index contributed by atoms with van der Waals surface area (Å²) >= 11 is 1.56. The second-order valence-electron chi connectivity index (χ2n) is 4.61. The minimum atomic E-state index is -0.112. The molecule has 0 saturated carbocycles. The lowest BCUT2D eigenvalue weighted by Crippen LogP contribution is -2.26. The minimum absolute atomic E-state index is 0.0284. The Bertz CT molecular complexity index is 545. The molecule has 2 heterocycles. The first-order chi connectivity index (χ1) is 9.11. The van der Waals surface area contributed by atoms with Gasteiger partial charge in [-0.25, -0.2) is 4.98 Å². The van der Waals surface area contributed by atoms with Crippen LogP contribution in [0, 0.1) is 6.92 Å². The maximum absolute atomic E-state index is 12.2. The first-order valence-corrected chi connectivity index (χ1v) is 7.33. The molecule has 0 aliphatic carbocycles. The molecule has 2 N–H and O–H groups in total. The zero-order chi connectivity index (χ0) is 13.8. The van der Waals surface area contributed by atoms with Crippen LogP contribution in [-0.2, 0) is 6.42 Å². The summed E-state index contributed by atoms with van der Waals surface area (Å²) in [5.41, 5.74) is 1.28. The highest BCUT2D eigenvalue weighted by molar-refractivity contribution is 7.14. The van der Waals surface area contributed by atoms with Gasteiger partial charge in [-0.15, -0.1) is 11.3 Å². The molecule has 0 aliphatic heterocycles. The molecule has 1 unspecified atom stereocenters. The summed E-state index contributed by atoms with van der Waals surface area (Å²) in [6.07, 6.45) is 5.57. The smallest absolute Gasteiger partial charge is 0.261 e. The van der Waals surface area contributed by atoms with E-state index in [0.29, 0.717) is 0 Å². The van der Waals surface area contributed by atoms with E-state index >= 15 is 0 Å². The van der Waals surface area contributed by atoms with E-state index in [4.69, 9.17) is 0 Å². The molecule has 1 atom stereocenters. The third kappa shape index (κ3) is 3.23. The zero-order valence-electron chi connectivity index (χ0n) is 11.5. The van der Waals surface area contributed by atoms with Gasteiger partial charge in [-0.2, -0.15) is 0 Å². The molecule has 2 rings (SSSR count). The Morgan fingerprint density at radius 1 is 1.58 bits per heavy atom. The van der Waals surface area contributed by atoms with Crippen LogP contribution in [0.1, 0.15) is 52.2 Å². The molecule has 1 amide bonds. The van der Waals surface area contributed by atoms with E-state index in [-0.39, 0.29) is 11.9 Å². The number of hydrogen-bond acceptors (Lipinski definition) is 3. The maximum atomic E-state index is 12.2. The molecule has 5 heteroatoms. The average molecular weight is 277 g/mol. The van der Waals surface area contributed by atoms with Crippen LogP contribution in [0.25, 0.3) is 0 Å². The van der Waals surface area contributed by atoms with Crippen molar-refractivity contribution >= 4 is 17.2 Å². The van der Waals surface area contributed by atoms with Gasteiger partial charge in [0.2, 0.25) is 0 Å². The van der Waals surface area contributed by atoms with Gasteiger partial charge < -0.3 is 10.3 Å². The van der Waals surface area contributed by atoms with Gasteiger partial charge in [-0.05, 0) is 31.9 Å². The first-order valence-electron chi connectivity index (χ1n) is 6.51. The summed E-state index contributed by atoms with van der Waals surface area (Å²) in [6.45, 7) is 6.14. The lowest BCUT2D eigenvalue weighted by atomic mass is 10.1. The van der Waals surface area contributed by atoms with E-state index < -0.39 is 0 Å². The van der Waals surface area contributed by atoms with Crippen LogP contribution in [0.4, 0.5) is 0 Å². The number of nitrogens with one attached hydrogen (secondary N) is 2. The summed E-state index contributed by atoms with van der Waals surface area (Å²) < 4.78 is 0. The second kappa shape index (κ2) is 6.02. The Balaban J connectivity index is 2.05. The summed E-state index contributed by atoms with van der Waals surface area (Å²) in [4.78, 5) is 21.3. The number of rotatable bonds is 5. The van der Waals surface area contributed by atoms with Gasteiger partial charge in [-0.3, -0.25) is 4.79 Å². The summed E-state index contributed by atoms with van der Waals surface area (Å²) in [6, 6.07) is 1.90. The molecule has 0 radical (unpaired) electrons. The number of H-pyrrole nitrogens is 1. The third-order valence-electron chi connectivity index (χ3n) is 3.04. The third-order valence-corrected chi connectivity index (χ3v) is 4.13. The Labute approximate surface area is 117 Å². The Kier molecular flexibility index (Phi) is 4.37. The molecule has 4 nitrogen and oxygen atoms in total. The molecule has 0 spiro atoms. The monoisotopic (exact) mass is 277 g/mol. The number of thiophene rings is 1. The average Bonchev–Trinajstić information content (AvgIpc) is 3.00. The summed E-state index contributed by atoms with van der Waals surface area (Å²) in [7, 11) is 0. The molecule has 0 fully saturated rings. The molecule has 2 aromatic heterocycles. The van der Waals surface area contributed by atoms with Crippen LogP contribution in [0.3, 0.4) is 0 Å². The van der Waals surface area contributed by atoms with Crippen molar-refractivity contribution in [3.05, 3.63) is 39.6 Å². The van der Waals surface area contributed by atoms with E-state index in [1.165, 1.54) is 10.4 Å². The molecule has 19 heavy (non-hydrogen) atoms. The van der Waals surface area contributed by atoms with E-state index in [2.05, 4.69) is 29.1 Å². The molecule has 0 aliphatic rings. The van der Waals surface area contributed by atoms with Gasteiger partial charge in [0.25, 0.3) is 5.91 Å². The van der Waals surface area contributed by atoms with Crippen molar-refractivity contribution in [2.45, 2.75) is 39.7 Å². The highest BCUT2D eigenvalue weighted by atomic mass is 32.1. The van der Waals surface area contributed by atoms with Crippen molar-refractivity contribution in [3.63, 3.8) is 0 Å². The molecule has 0 aromatic carbocycles. The van der Waals surface area contributed by atoms with Gasteiger partial charge in [-0.1, -0.05) is 13.3 Å². The second-order valence-corrected chi connectivity index (χ2v) is 5.87. The lowest BCUT2D eigenvalue weighted by Gasteiger charge is -2.10. The SMILES string of the molecule is CCCc1cc(C(=O)NC(C)c2ncc[nH]2)sc1C. The van der Waals surface area contributed by atoms with Crippen LogP contribution in [-0.4, -0.2) is 15.9 Å². The molecule has 0 bridgehead atoms. The standard InChI is InChI=1S/C14H19N3OS/c1-4-5-11-8-12(19-10(11)3)14(18)17-9(2)13-15-6-7-16-13/h6-9H,4-5H2,1-3H3,(H,15,16)(H,17,18).